The third-order valence-corrected chi connectivity index (χ3v) is 7.05. The number of carbonyl (C=O) groups is 1. The van der Waals surface area contributed by atoms with Gasteiger partial charge in [-0.2, -0.15) is 17.0 Å². The molecule has 0 radical (unpaired) electrons. The fraction of sp³-hybridized carbons (Fsp3) is 0.400. The quantitative estimate of drug-likeness (QED) is 0.484. The Morgan fingerprint density at radius 3 is 2.45 bits per heavy atom. The van der Waals surface area contributed by atoms with Crippen molar-refractivity contribution in [1.82, 2.24) is 18.5 Å². The van der Waals surface area contributed by atoms with Crippen LogP contribution in [0.3, 0.4) is 0 Å². The topological polar surface area (TPSA) is 89.1 Å². The predicted octanol–water partition coefficient (Wildman–Crippen LogP) is 1.44. The van der Waals surface area contributed by atoms with E-state index in [1.165, 1.54) is 33.9 Å². The van der Waals surface area contributed by atoms with E-state index in [0.717, 1.165) is 5.69 Å². The summed E-state index contributed by atoms with van der Waals surface area (Å²) >= 11 is 0. The van der Waals surface area contributed by atoms with Gasteiger partial charge in [0.15, 0.2) is 5.82 Å². The molecule has 2 heterocycles. The number of hydrogen-bond donors (Lipinski definition) is 1. The van der Waals surface area contributed by atoms with Crippen LogP contribution in [0.4, 0.5) is 15.8 Å². The number of rotatable bonds is 8. The lowest BCUT2D eigenvalue weighted by atomic mass is 10.1. The molecule has 1 aromatic carbocycles. The Labute approximate surface area is 182 Å². The number of pyridine rings is 1. The van der Waals surface area contributed by atoms with Crippen LogP contribution in [-0.2, 0) is 21.5 Å². The standard InChI is InChI=1S/C20H27FN6O3S/c1-16-7-8-18(13-22-16)27(15-28)23-19-6-4-5-17(20(19)21)14-25-9-11-26(12-10-25)31(29,30)24(2)3/h4-8,13,15,23H,9-12,14H2,1-3H3. The van der Waals surface area contributed by atoms with E-state index in [0.29, 0.717) is 50.4 Å². The lowest BCUT2D eigenvalue weighted by molar-refractivity contribution is -0.107. The average molecular weight is 451 g/mol. The van der Waals surface area contributed by atoms with E-state index in [9.17, 15) is 13.2 Å². The SMILES string of the molecule is Cc1ccc(N(C=O)Nc2cccc(CN3CCN(S(=O)(=O)N(C)C)CC3)c2F)cn1. The molecule has 3 rings (SSSR count). The highest BCUT2D eigenvalue weighted by Crippen LogP contribution is 2.22. The van der Waals surface area contributed by atoms with Gasteiger partial charge in [-0.25, -0.2) is 9.40 Å². The number of aromatic nitrogens is 1. The van der Waals surface area contributed by atoms with Gasteiger partial charge in [-0.1, -0.05) is 12.1 Å². The smallest absolute Gasteiger partial charge is 0.281 e. The molecule has 0 aliphatic carbocycles. The van der Waals surface area contributed by atoms with Crippen molar-refractivity contribution in [3.8, 4) is 0 Å². The van der Waals surface area contributed by atoms with Gasteiger partial charge in [0.25, 0.3) is 10.2 Å². The van der Waals surface area contributed by atoms with Crippen molar-refractivity contribution >= 4 is 28.0 Å². The summed E-state index contributed by atoms with van der Waals surface area (Å²) in [5.41, 5.74) is 4.71. The van der Waals surface area contributed by atoms with E-state index in [1.54, 1.807) is 30.3 Å². The molecule has 0 unspecified atom stereocenters. The van der Waals surface area contributed by atoms with Crippen molar-refractivity contribution in [2.45, 2.75) is 13.5 Å². The van der Waals surface area contributed by atoms with Crippen molar-refractivity contribution in [1.29, 1.82) is 0 Å². The minimum absolute atomic E-state index is 0.166. The molecule has 1 aliphatic heterocycles. The van der Waals surface area contributed by atoms with Crippen molar-refractivity contribution in [2.75, 3.05) is 50.7 Å². The Balaban J connectivity index is 1.67. The fourth-order valence-corrected chi connectivity index (χ4v) is 4.35. The molecule has 9 nitrogen and oxygen atoms in total. The first-order chi connectivity index (χ1) is 14.7. The zero-order valence-corrected chi connectivity index (χ0v) is 18.6. The molecule has 0 spiro atoms. The number of piperazine rings is 1. The summed E-state index contributed by atoms with van der Waals surface area (Å²) in [7, 11) is -0.435. The number of hydrogen-bond acceptors (Lipinski definition) is 6. The maximum Gasteiger partial charge on any atom is 0.281 e. The van der Waals surface area contributed by atoms with Crippen molar-refractivity contribution < 1.29 is 17.6 Å². The summed E-state index contributed by atoms with van der Waals surface area (Å²) in [6, 6.07) is 8.42. The second kappa shape index (κ2) is 9.69. The molecule has 168 valence electrons. The van der Waals surface area contributed by atoms with E-state index < -0.39 is 16.0 Å². The minimum atomic E-state index is -3.44. The third-order valence-electron chi connectivity index (χ3n) is 5.11. The van der Waals surface area contributed by atoms with E-state index in [-0.39, 0.29) is 5.69 Å². The molecule has 1 fully saturated rings. The highest BCUT2D eigenvalue weighted by molar-refractivity contribution is 7.86. The molecule has 11 heteroatoms. The molecule has 1 saturated heterocycles. The van der Waals surface area contributed by atoms with Gasteiger partial charge in [-0.05, 0) is 25.1 Å². The number of hydrazine groups is 1. The fourth-order valence-electron chi connectivity index (χ4n) is 3.26. The highest BCUT2D eigenvalue weighted by atomic mass is 32.2. The molecular weight excluding hydrogens is 423 g/mol. The van der Waals surface area contributed by atoms with E-state index in [2.05, 4.69) is 10.4 Å². The third kappa shape index (κ3) is 5.37. The van der Waals surface area contributed by atoms with Crippen LogP contribution in [0.5, 0.6) is 0 Å². The molecular formula is C20H27FN6O3S. The zero-order chi connectivity index (χ0) is 22.6. The molecule has 0 atom stereocenters. The summed E-state index contributed by atoms with van der Waals surface area (Å²) in [4.78, 5) is 17.7. The number of benzene rings is 1. The molecule has 0 saturated carbocycles. The summed E-state index contributed by atoms with van der Waals surface area (Å²) in [6.45, 7) is 3.86. The Bertz CT molecular complexity index is 1010. The van der Waals surface area contributed by atoms with Gasteiger partial charge in [0.2, 0.25) is 6.41 Å². The van der Waals surface area contributed by atoms with Crippen LogP contribution in [0.1, 0.15) is 11.3 Å². The number of halogens is 1. The van der Waals surface area contributed by atoms with Gasteiger partial charge in [0.1, 0.15) is 0 Å². The van der Waals surface area contributed by atoms with Gasteiger partial charge >= 0.3 is 0 Å². The van der Waals surface area contributed by atoms with Gasteiger partial charge in [-0.3, -0.25) is 20.1 Å². The first-order valence-corrected chi connectivity index (χ1v) is 11.2. The van der Waals surface area contributed by atoms with Crippen LogP contribution in [0.25, 0.3) is 0 Å². The summed E-state index contributed by atoms with van der Waals surface area (Å²) in [5.74, 6) is -0.460. The second-order valence-corrected chi connectivity index (χ2v) is 9.63. The lowest BCUT2D eigenvalue weighted by Crippen LogP contribution is -2.51. The first kappa shape index (κ1) is 23.1. The molecule has 1 aliphatic rings. The Kier molecular flexibility index (Phi) is 7.21. The van der Waals surface area contributed by atoms with Crippen LogP contribution >= 0.6 is 0 Å². The number of carbonyl (C=O) groups excluding carboxylic acids is 1. The van der Waals surface area contributed by atoms with Crippen molar-refractivity contribution in [3.05, 3.63) is 53.6 Å². The van der Waals surface area contributed by atoms with Gasteiger partial charge in [-0.15, -0.1) is 0 Å². The normalized spacial score (nSPS) is 15.8. The molecule has 31 heavy (non-hydrogen) atoms. The maximum absolute atomic E-state index is 15.1. The number of nitrogens with zero attached hydrogens (tertiary/aromatic N) is 5. The Morgan fingerprint density at radius 2 is 1.87 bits per heavy atom. The maximum atomic E-state index is 15.1. The van der Waals surface area contributed by atoms with E-state index in [4.69, 9.17) is 0 Å². The average Bonchev–Trinajstić information content (AvgIpc) is 2.75. The molecule has 2 aromatic rings. The number of aryl methyl sites for hydroxylation is 1. The Hall–Kier alpha value is -2.60. The van der Waals surface area contributed by atoms with E-state index >= 15 is 4.39 Å². The second-order valence-electron chi connectivity index (χ2n) is 7.49. The summed E-state index contributed by atoms with van der Waals surface area (Å²) in [5, 5.41) is 1.17. The first-order valence-electron chi connectivity index (χ1n) is 9.83. The van der Waals surface area contributed by atoms with Crippen LogP contribution in [0.15, 0.2) is 36.5 Å². The summed E-state index contributed by atoms with van der Waals surface area (Å²) in [6.07, 6.45) is 2.09. The van der Waals surface area contributed by atoms with Crippen molar-refractivity contribution in [3.63, 3.8) is 0 Å². The zero-order valence-electron chi connectivity index (χ0n) is 17.8. The van der Waals surface area contributed by atoms with Crippen LogP contribution in [0.2, 0.25) is 0 Å². The van der Waals surface area contributed by atoms with Crippen LogP contribution in [-0.4, -0.2) is 73.6 Å². The van der Waals surface area contributed by atoms with Crippen LogP contribution in [0, 0.1) is 12.7 Å². The monoisotopic (exact) mass is 450 g/mol. The molecule has 1 amide bonds. The molecule has 1 N–H and O–H groups in total. The summed E-state index contributed by atoms with van der Waals surface area (Å²) < 4.78 is 42.2. The minimum Gasteiger partial charge on any atom is -0.296 e. The van der Waals surface area contributed by atoms with Gasteiger partial charge in [0.05, 0.1) is 17.6 Å². The molecule has 0 bridgehead atoms. The predicted molar refractivity (Wildman–Crippen MR) is 117 cm³/mol. The van der Waals surface area contributed by atoms with E-state index in [1.807, 2.05) is 11.8 Å². The van der Waals surface area contributed by atoms with Gasteiger partial charge in [0, 0.05) is 58.1 Å². The number of amides is 1. The lowest BCUT2D eigenvalue weighted by Gasteiger charge is -2.35. The molecule has 1 aromatic heterocycles. The largest absolute Gasteiger partial charge is 0.296 e. The van der Waals surface area contributed by atoms with Gasteiger partial charge < -0.3 is 0 Å². The van der Waals surface area contributed by atoms with Crippen molar-refractivity contribution in [2.24, 2.45) is 0 Å². The number of anilines is 2. The Morgan fingerprint density at radius 1 is 1.16 bits per heavy atom. The number of nitrogens with one attached hydrogen (secondary N) is 1. The van der Waals surface area contributed by atoms with Crippen LogP contribution < -0.4 is 10.4 Å². The highest BCUT2D eigenvalue weighted by Gasteiger charge is 2.28.